The summed E-state index contributed by atoms with van der Waals surface area (Å²) in [6, 6.07) is 7.91. The number of amides is 1. The van der Waals surface area contributed by atoms with Gasteiger partial charge in [0.2, 0.25) is 0 Å². The van der Waals surface area contributed by atoms with Gasteiger partial charge in [-0.1, -0.05) is 18.2 Å². The van der Waals surface area contributed by atoms with Gasteiger partial charge in [-0.25, -0.2) is 5.43 Å². The fraction of sp³-hybridized carbons (Fsp3) is 0.529. The number of carbonyl (C=O) groups excluding carboxylic acids is 1. The molecule has 1 saturated heterocycles. The molecule has 124 valence electrons. The Labute approximate surface area is 141 Å². The molecular formula is C17H23N3O2S. The van der Waals surface area contributed by atoms with Gasteiger partial charge in [0.25, 0.3) is 5.91 Å². The van der Waals surface area contributed by atoms with Gasteiger partial charge in [-0.05, 0) is 56.6 Å². The molecule has 2 aliphatic rings. The highest BCUT2D eigenvalue weighted by atomic mass is 32.2. The number of ether oxygens (including phenoxy) is 1. The molecule has 3 rings (SSSR count). The standard InChI is InChI=1S/C17H23N3O2S/c21-16-13-23-17(19-18-16)14-5-7-15(8-6-14)22-12-4-11-20-9-2-1-3-10-20/h5-8H,1-4,9-13H2,(H,18,21). The van der Waals surface area contributed by atoms with Crippen molar-refractivity contribution >= 4 is 22.7 Å². The Morgan fingerprint density at radius 3 is 2.65 bits per heavy atom. The highest BCUT2D eigenvalue weighted by Crippen LogP contribution is 2.19. The zero-order chi connectivity index (χ0) is 15.9. The van der Waals surface area contributed by atoms with E-state index in [-0.39, 0.29) is 5.91 Å². The Kier molecular flexibility index (Phi) is 5.93. The Morgan fingerprint density at radius 2 is 1.96 bits per heavy atom. The molecule has 0 aliphatic carbocycles. The van der Waals surface area contributed by atoms with Crippen LogP contribution in [-0.2, 0) is 4.79 Å². The monoisotopic (exact) mass is 333 g/mol. The second-order valence-electron chi connectivity index (χ2n) is 5.87. The third-order valence-electron chi connectivity index (χ3n) is 4.06. The van der Waals surface area contributed by atoms with Crippen LogP contribution in [0.15, 0.2) is 29.4 Å². The van der Waals surface area contributed by atoms with E-state index in [1.807, 2.05) is 24.3 Å². The van der Waals surface area contributed by atoms with Crippen molar-refractivity contribution in [3.63, 3.8) is 0 Å². The van der Waals surface area contributed by atoms with Crippen LogP contribution in [0.5, 0.6) is 5.75 Å². The molecule has 1 aromatic rings. The van der Waals surface area contributed by atoms with Crippen LogP contribution in [0, 0.1) is 0 Å². The maximum absolute atomic E-state index is 11.1. The van der Waals surface area contributed by atoms with E-state index in [0.29, 0.717) is 5.75 Å². The summed E-state index contributed by atoms with van der Waals surface area (Å²) in [6.45, 7) is 4.36. The topological polar surface area (TPSA) is 53.9 Å². The average Bonchev–Trinajstić information content (AvgIpc) is 2.61. The minimum atomic E-state index is -0.0487. The van der Waals surface area contributed by atoms with Gasteiger partial charge >= 0.3 is 0 Å². The molecule has 1 fully saturated rings. The van der Waals surface area contributed by atoms with Crippen molar-refractivity contribution in [2.45, 2.75) is 25.7 Å². The number of hydrogen-bond donors (Lipinski definition) is 1. The van der Waals surface area contributed by atoms with Gasteiger partial charge in [-0.2, -0.15) is 5.10 Å². The van der Waals surface area contributed by atoms with E-state index in [4.69, 9.17) is 4.74 Å². The van der Waals surface area contributed by atoms with Crippen LogP contribution in [-0.4, -0.2) is 47.8 Å². The van der Waals surface area contributed by atoms with Gasteiger partial charge in [0.1, 0.15) is 10.8 Å². The van der Waals surface area contributed by atoms with Crippen molar-refractivity contribution in [1.29, 1.82) is 0 Å². The van der Waals surface area contributed by atoms with Gasteiger partial charge in [0.05, 0.1) is 12.4 Å². The fourth-order valence-corrected chi connectivity index (χ4v) is 3.56. The third-order valence-corrected chi connectivity index (χ3v) is 5.07. The molecule has 1 amide bonds. The van der Waals surface area contributed by atoms with Crippen LogP contribution in [0.2, 0.25) is 0 Å². The molecule has 6 heteroatoms. The predicted octanol–water partition coefficient (Wildman–Crippen LogP) is 2.47. The van der Waals surface area contributed by atoms with E-state index >= 15 is 0 Å². The maximum atomic E-state index is 11.1. The maximum Gasteiger partial charge on any atom is 0.250 e. The first-order chi connectivity index (χ1) is 11.3. The van der Waals surface area contributed by atoms with Crippen LogP contribution in [0.1, 0.15) is 31.2 Å². The minimum Gasteiger partial charge on any atom is -0.494 e. The molecule has 1 aromatic carbocycles. The smallest absolute Gasteiger partial charge is 0.250 e. The van der Waals surface area contributed by atoms with E-state index < -0.39 is 0 Å². The highest BCUT2D eigenvalue weighted by molar-refractivity contribution is 8.15. The summed E-state index contributed by atoms with van der Waals surface area (Å²) in [6.07, 6.45) is 5.12. The number of benzene rings is 1. The Balaban J connectivity index is 1.41. The number of rotatable bonds is 6. The molecular weight excluding hydrogens is 310 g/mol. The Morgan fingerprint density at radius 1 is 1.17 bits per heavy atom. The third kappa shape index (κ3) is 4.97. The molecule has 1 N–H and O–H groups in total. The van der Waals surface area contributed by atoms with E-state index in [1.165, 1.54) is 44.1 Å². The van der Waals surface area contributed by atoms with Gasteiger partial charge in [0.15, 0.2) is 0 Å². The van der Waals surface area contributed by atoms with Crippen LogP contribution in [0.4, 0.5) is 0 Å². The molecule has 0 radical (unpaired) electrons. The molecule has 2 heterocycles. The van der Waals surface area contributed by atoms with Crippen molar-refractivity contribution < 1.29 is 9.53 Å². The lowest BCUT2D eigenvalue weighted by Gasteiger charge is -2.26. The summed E-state index contributed by atoms with van der Waals surface area (Å²) in [5.74, 6) is 1.26. The van der Waals surface area contributed by atoms with E-state index in [0.717, 1.165) is 35.9 Å². The van der Waals surface area contributed by atoms with Crippen LogP contribution in [0.25, 0.3) is 0 Å². The van der Waals surface area contributed by atoms with Crippen molar-refractivity contribution in [2.75, 3.05) is 32.0 Å². The number of hydrazone groups is 1. The molecule has 0 atom stereocenters. The van der Waals surface area contributed by atoms with E-state index in [9.17, 15) is 4.79 Å². The molecule has 0 bridgehead atoms. The summed E-state index contributed by atoms with van der Waals surface area (Å²) < 4.78 is 5.81. The van der Waals surface area contributed by atoms with Gasteiger partial charge in [0, 0.05) is 12.1 Å². The second-order valence-corrected chi connectivity index (χ2v) is 6.83. The lowest BCUT2D eigenvalue weighted by Crippen LogP contribution is -2.31. The first kappa shape index (κ1) is 16.3. The van der Waals surface area contributed by atoms with Crippen LogP contribution in [0.3, 0.4) is 0 Å². The SMILES string of the molecule is O=C1CSC(c2ccc(OCCCN3CCCCC3)cc2)=NN1. The lowest BCUT2D eigenvalue weighted by atomic mass is 10.1. The van der Waals surface area contributed by atoms with Crippen LogP contribution < -0.4 is 10.2 Å². The van der Waals surface area contributed by atoms with Crippen molar-refractivity contribution in [3.05, 3.63) is 29.8 Å². The first-order valence-electron chi connectivity index (χ1n) is 8.26. The van der Waals surface area contributed by atoms with Gasteiger partial charge < -0.3 is 9.64 Å². The molecule has 0 spiro atoms. The summed E-state index contributed by atoms with van der Waals surface area (Å²) in [5, 5.41) is 4.92. The number of nitrogens with zero attached hydrogens (tertiary/aromatic N) is 2. The summed E-state index contributed by atoms with van der Waals surface area (Å²) in [4.78, 5) is 13.6. The summed E-state index contributed by atoms with van der Waals surface area (Å²) in [5.41, 5.74) is 3.52. The minimum absolute atomic E-state index is 0.0487. The zero-order valence-electron chi connectivity index (χ0n) is 13.3. The molecule has 2 aliphatic heterocycles. The molecule has 0 aromatic heterocycles. The Hall–Kier alpha value is -1.53. The van der Waals surface area contributed by atoms with Crippen molar-refractivity contribution in [1.82, 2.24) is 10.3 Å². The van der Waals surface area contributed by atoms with Crippen molar-refractivity contribution in [2.24, 2.45) is 5.10 Å². The van der Waals surface area contributed by atoms with E-state index in [1.54, 1.807) is 0 Å². The average molecular weight is 333 g/mol. The number of nitrogens with one attached hydrogen (secondary N) is 1. The predicted molar refractivity (Wildman–Crippen MR) is 94.0 cm³/mol. The number of likely N-dealkylation sites (tertiary alicyclic amines) is 1. The lowest BCUT2D eigenvalue weighted by molar-refractivity contribution is -0.118. The second kappa shape index (κ2) is 8.36. The number of carbonyl (C=O) groups is 1. The van der Waals surface area contributed by atoms with E-state index in [2.05, 4.69) is 15.4 Å². The molecule has 23 heavy (non-hydrogen) atoms. The first-order valence-corrected chi connectivity index (χ1v) is 9.25. The van der Waals surface area contributed by atoms with Gasteiger partial charge in [-0.15, -0.1) is 0 Å². The highest BCUT2D eigenvalue weighted by Gasteiger charge is 2.14. The fourth-order valence-electron chi connectivity index (χ4n) is 2.81. The van der Waals surface area contributed by atoms with Crippen LogP contribution >= 0.6 is 11.8 Å². The molecule has 0 saturated carbocycles. The van der Waals surface area contributed by atoms with Gasteiger partial charge in [-0.3, -0.25) is 4.79 Å². The largest absolute Gasteiger partial charge is 0.494 e. The Bertz CT molecular complexity index is 553. The zero-order valence-corrected chi connectivity index (χ0v) is 14.1. The number of piperidine rings is 1. The quantitative estimate of drug-likeness (QED) is 0.813. The summed E-state index contributed by atoms with van der Waals surface area (Å²) >= 11 is 1.46. The summed E-state index contributed by atoms with van der Waals surface area (Å²) in [7, 11) is 0. The number of thioether (sulfide) groups is 1. The van der Waals surface area contributed by atoms with Crippen molar-refractivity contribution in [3.8, 4) is 5.75 Å². The molecule has 5 nitrogen and oxygen atoms in total. The normalized spacial score (nSPS) is 19.1. The number of hydrogen-bond acceptors (Lipinski definition) is 5. The molecule has 0 unspecified atom stereocenters.